The molecule has 2 N–H and O–H groups in total. The minimum Gasteiger partial charge on any atom is -0.461 e. The molecule has 0 saturated heterocycles. The van der Waals surface area contributed by atoms with E-state index in [0.717, 1.165) is 13.0 Å². The number of amides is 1. The number of aryl methyl sites for hydroxylation is 1. The standard InChI is InChI=1S/C24H26ClN5O3/c1-16-20(23(31)28-9-5-11-30-12-10-27-15-30)22(18-6-3-7-19(25)14-18)21(17(2)29-16)24(32)33-13-4-8-26/h3,6-7,10,12,14-15,22,29H,4-5,9,11,13H2,1-2H3,(H,28,31). The number of dihydropyridines is 1. The van der Waals surface area contributed by atoms with Gasteiger partial charge in [0.25, 0.3) is 0 Å². The summed E-state index contributed by atoms with van der Waals surface area (Å²) >= 11 is 6.24. The van der Waals surface area contributed by atoms with Crippen LogP contribution in [0, 0.1) is 11.3 Å². The minimum absolute atomic E-state index is 0.0210. The number of ether oxygens (including phenoxy) is 1. The molecule has 0 saturated carbocycles. The largest absolute Gasteiger partial charge is 0.461 e. The van der Waals surface area contributed by atoms with Crippen LogP contribution in [-0.4, -0.2) is 34.6 Å². The number of carbonyl (C=O) groups is 2. The lowest BCUT2D eigenvalue weighted by molar-refractivity contribution is -0.139. The molecular formula is C24H26ClN5O3. The van der Waals surface area contributed by atoms with Crippen LogP contribution >= 0.6 is 11.6 Å². The van der Waals surface area contributed by atoms with Crippen molar-refractivity contribution in [2.45, 2.75) is 39.2 Å². The number of halogens is 1. The van der Waals surface area contributed by atoms with Crippen molar-refractivity contribution in [2.75, 3.05) is 13.2 Å². The Morgan fingerprint density at radius 1 is 1.30 bits per heavy atom. The highest BCUT2D eigenvalue weighted by atomic mass is 35.5. The van der Waals surface area contributed by atoms with Crippen LogP contribution in [0.5, 0.6) is 0 Å². The summed E-state index contributed by atoms with van der Waals surface area (Å²) in [4.78, 5) is 30.3. The summed E-state index contributed by atoms with van der Waals surface area (Å²) in [6.45, 7) is 4.73. The quantitative estimate of drug-likeness (QED) is 0.432. The van der Waals surface area contributed by atoms with Gasteiger partial charge in [0, 0.05) is 47.5 Å². The van der Waals surface area contributed by atoms with E-state index in [1.54, 1.807) is 44.6 Å². The van der Waals surface area contributed by atoms with E-state index in [1.165, 1.54) is 0 Å². The molecule has 1 aromatic heterocycles. The average Bonchev–Trinajstić information content (AvgIpc) is 3.29. The van der Waals surface area contributed by atoms with Gasteiger partial charge in [0.1, 0.15) is 6.61 Å². The second-order valence-corrected chi connectivity index (χ2v) is 8.08. The van der Waals surface area contributed by atoms with Crippen molar-refractivity contribution in [3.8, 4) is 6.07 Å². The fraction of sp³-hybridized carbons (Fsp3) is 0.333. The van der Waals surface area contributed by atoms with E-state index in [0.29, 0.717) is 39.7 Å². The maximum absolute atomic E-state index is 13.3. The fourth-order valence-corrected chi connectivity index (χ4v) is 4.03. The van der Waals surface area contributed by atoms with Gasteiger partial charge in [-0.05, 0) is 38.0 Å². The van der Waals surface area contributed by atoms with Crippen LogP contribution in [-0.2, 0) is 20.9 Å². The highest BCUT2D eigenvalue weighted by Crippen LogP contribution is 2.39. The molecular weight excluding hydrogens is 442 g/mol. The number of hydrogen-bond acceptors (Lipinski definition) is 6. The first-order valence-corrected chi connectivity index (χ1v) is 11.0. The van der Waals surface area contributed by atoms with Crippen molar-refractivity contribution in [3.05, 3.63) is 76.1 Å². The number of aromatic nitrogens is 2. The third-order valence-electron chi connectivity index (χ3n) is 5.29. The number of nitrogens with zero attached hydrogens (tertiary/aromatic N) is 3. The first-order valence-electron chi connectivity index (χ1n) is 10.6. The molecule has 3 rings (SSSR count). The van der Waals surface area contributed by atoms with Gasteiger partial charge in [-0.2, -0.15) is 5.26 Å². The van der Waals surface area contributed by atoms with Crippen molar-refractivity contribution < 1.29 is 14.3 Å². The fourth-order valence-electron chi connectivity index (χ4n) is 3.83. The molecule has 2 aromatic rings. The van der Waals surface area contributed by atoms with E-state index in [9.17, 15) is 9.59 Å². The number of esters is 1. The van der Waals surface area contributed by atoms with Gasteiger partial charge in [-0.25, -0.2) is 9.78 Å². The highest BCUT2D eigenvalue weighted by molar-refractivity contribution is 6.30. The average molecular weight is 468 g/mol. The first kappa shape index (κ1) is 24.1. The Balaban J connectivity index is 1.86. The molecule has 1 aliphatic heterocycles. The van der Waals surface area contributed by atoms with Crippen LogP contribution in [0.2, 0.25) is 5.02 Å². The Kier molecular flexibility index (Phi) is 8.28. The van der Waals surface area contributed by atoms with Crippen molar-refractivity contribution in [1.29, 1.82) is 5.26 Å². The number of rotatable bonds is 9. The lowest BCUT2D eigenvalue weighted by atomic mass is 9.80. The number of nitrogens with one attached hydrogen (secondary N) is 2. The Morgan fingerprint density at radius 2 is 2.09 bits per heavy atom. The number of benzene rings is 1. The van der Waals surface area contributed by atoms with E-state index in [2.05, 4.69) is 15.6 Å². The molecule has 2 heterocycles. The van der Waals surface area contributed by atoms with Crippen molar-refractivity contribution in [3.63, 3.8) is 0 Å². The third kappa shape index (κ3) is 6.02. The van der Waals surface area contributed by atoms with E-state index >= 15 is 0 Å². The molecule has 1 aliphatic rings. The van der Waals surface area contributed by atoms with Crippen LogP contribution < -0.4 is 10.6 Å². The van der Waals surface area contributed by atoms with Gasteiger partial charge in [-0.1, -0.05) is 23.7 Å². The van der Waals surface area contributed by atoms with E-state index < -0.39 is 11.9 Å². The molecule has 0 spiro atoms. The van der Waals surface area contributed by atoms with Crippen LogP contribution in [0.1, 0.15) is 38.2 Å². The normalized spacial score (nSPS) is 15.6. The number of hydrogen-bond donors (Lipinski definition) is 2. The highest BCUT2D eigenvalue weighted by Gasteiger charge is 2.37. The molecule has 33 heavy (non-hydrogen) atoms. The lowest BCUT2D eigenvalue weighted by Crippen LogP contribution is -2.37. The second-order valence-electron chi connectivity index (χ2n) is 7.64. The van der Waals surface area contributed by atoms with Gasteiger partial charge in [-0.3, -0.25) is 4.79 Å². The molecule has 1 atom stereocenters. The van der Waals surface area contributed by atoms with Crippen LogP contribution in [0.15, 0.2) is 65.5 Å². The topological polar surface area (TPSA) is 109 Å². The number of carbonyl (C=O) groups excluding carboxylic acids is 2. The van der Waals surface area contributed by atoms with Crippen molar-refractivity contribution in [1.82, 2.24) is 20.2 Å². The van der Waals surface area contributed by atoms with Gasteiger partial charge >= 0.3 is 5.97 Å². The zero-order valence-corrected chi connectivity index (χ0v) is 19.4. The summed E-state index contributed by atoms with van der Waals surface area (Å²) in [5.74, 6) is -1.50. The molecule has 9 heteroatoms. The summed E-state index contributed by atoms with van der Waals surface area (Å²) < 4.78 is 7.26. The summed E-state index contributed by atoms with van der Waals surface area (Å²) in [5, 5.41) is 15.4. The summed E-state index contributed by atoms with van der Waals surface area (Å²) in [5.41, 5.74) is 2.70. The lowest BCUT2D eigenvalue weighted by Gasteiger charge is -2.31. The number of allylic oxidation sites excluding steroid dienone is 2. The van der Waals surface area contributed by atoms with Gasteiger partial charge in [0.15, 0.2) is 0 Å². The molecule has 1 amide bonds. The smallest absolute Gasteiger partial charge is 0.336 e. The minimum atomic E-state index is -0.659. The predicted octanol–water partition coefficient (Wildman–Crippen LogP) is 3.43. The number of nitriles is 1. The van der Waals surface area contributed by atoms with Gasteiger partial charge < -0.3 is 19.9 Å². The predicted molar refractivity (Wildman–Crippen MR) is 124 cm³/mol. The molecule has 0 radical (unpaired) electrons. The maximum Gasteiger partial charge on any atom is 0.336 e. The Bertz CT molecular complexity index is 1120. The first-order chi connectivity index (χ1) is 15.9. The van der Waals surface area contributed by atoms with Crippen molar-refractivity contribution >= 4 is 23.5 Å². The van der Waals surface area contributed by atoms with Crippen LogP contribution in [0.4, 0.5) is 0 Å². The Labute approximate surface area is 197 Å². The zero-order valence-electron chi connectivity index (χ0n) is 18.6. The molecule has 0 bridgehead atoms. The Hall–Kier alpha value is -3.57. The van der Waals surface area contributed by atoms with Crippen molar-refractivity contribution in [2.24, 2.45) is 0 Å². The number of imidazole rings is 1. The second kappa shape index (κ2) is 11.3. The summed E-state index contributed by atoms with van der Waals surface area (Å²) in [6.07, 6.45) is 6.12. The molecule has 1 unspecified atom stereocenters. The third-order valence-corrected chi connectivity index (χ3v) is 5.53. The van der Waals surface area contributed by atoms with Gasteiger partial charge in [-0.15, -0.1) is 0 Å². The molecule has 0 aliphatic carbocycles. The van der Waals surface area contributed by atoms with E-state index in [4.69, 9.17) is 21.6 Å². The molecule has 8 nitrogen and oxygen atoms in total. The summed E-state index contributed by atoms with van der Waals surface area (Å²) in [6, 6.07) is 9.05. The molecule has 0 fully saturated rings. The Morgan fingerprint density at radius 3 is 2.79 bits per heavy atom. The van der Waals surface area contributed by atoms with Crippen LogP contribution in [0.3, 0.4) is 0 Å². The zero-order chi connectivity index (χ0) is 23.8. The molecule has 1 aromatic carbocycles. The SMILES string of the molecule is CC1=C(C(=O)NCCCn2ccnc2)C(c2cccc(Cl)c2)C(C(=O)OCCC#N)=C(C)N1. The van der Waals surface area contributed by atoms with Gasteiger partial charge in [0.05, 0.1) is 30.3 Å². The summed E-state index contributed by atoms with van der Waals surface area (Å²) in [7, 11) is 0. The van der Waals surface area contributed by atoms with Crippen LogP contribution in [0.25, 0.3) is 0 Å². The molecule has 172 valence electrons. The monoisotopic (exact) mass is 467 g/mol. The van der Waals surface area contributed by atoms with Gasteiger partial charge in [0.2, 0.25) is 5.91 Å². The van der Waals surface area contributed by atoms with E-state index in [-0.39, 0.29) is 18.9 Å². The maximum atomic E-state index is 13.3. The van der Waals surface area contributed by atoms with E-state index in [1.807, 2.05) is 22.9 Å².